The lowest BCUT2D eigenvalue weighted by molar-refractivity contribution is 0.130. The Kier molecular flexibility index (Phi) is 1.39. The number of hydrogen-bond acceptors (Lipinski definition) is 4. The van der Waals surface area contributed by atoms with Crippen LogP contribution < -0.4 is 10.6 Å². The molecule has 0 fully saturated rings. The predicted octanol–water partition coefficient (Wildman–Crippen LogP) is -0.439. The molecule has 0 amide bonds. The van der Waals surface area contributed by atoms with E-state index in [0.717, 1.165) is 0 Å². The van der Waals surface area contributed by atoms with E-state index in [2.05, 4.69) is 10.2 Å². The summed E-state index contributed by atoms with van der Waals surface area (Å²) in [6.07, 6.45) is 3.07. The monoisotopic (exact) mass is 167 g/mol. The number of nitrogens with two attached hydrogens (primary N) is 1. The molecule has 0 aromatic carbocycles. The molecule has 6 nitrogen and oxygen atoms in total. The van der Waals surface area contributed by atoms with Crippen LogP contribution in [0.5, 0.6) is 0 Å². The van der Waals surface area contributed by atoms with E-state index in [0.29, 0.717) is 17.9 Å². The molecule has 2 aromatic heterocycles. The SMILES string of the molecule is CCOn1cnn2ncc(N)c12. The van der Waals surface area contributed by atoms with E-state index in [4.69, 9.17) is 10.6 Å². The van der Waals surface area contributed by atoms with E-state index in [9.17, 15) is 0 Å². The topological polar surface area (TPSA) is 70.4 Å². The summed E-state index contributed by atoms with van der Waals surface area (Å²) in [6, 6.07) is 0. The molecule has 0 aliphatic carbocycles. The normalized spacial score (nSPS) is 10.8. The maximum atomic E-state index is 5.63. The van der Waals surface area contributed by atoms with Crippen LogP contribution in [0.2, 0.25) is 0 Å². The highest BCUT2D eigenvalue weighted by Gasteiger charge is 2.07. The Balaban J connectivity index is 2.59. The summed E-state index contributed by atoms with van der Waals surface area (Å²) < 4.78 is 2.92. The van der Waals surface area contributed by atoms with Crippen LogP contribution in [-0.4, -0.2) is 26.2 Å². The molecule has 0 atom stereocenters. The van der Waals surface area contributed by atoms with Crippen molar-refractivity contribution < 1.29 is 4.84 Å². The molecule has 2 heterocycles. The van der Waals surface area contributed by atoms with Crippen molar-refractivity contribution in [3.63, 3.8) is 0 Å². The highest BCUT2D eigenvalue weighted by Crippen LogP contribution is 2.09. The number of aromatic nitrogens is 4. The molecule has 2 aromatic rings. The Morgan fingerprint density at radius 1 is 1.58 bits per heavy atom. The van der Waals surface area contributed by atoms with Gasteiger partial charge in [-0.3, -0.25) is 0 Å². The second kappa shape index (κ2) is 2.40. The number of anilines is 1. The zero-order valence-corrected chi connectivity index (χ0v) is 6.64. The van der Waals surface area contributed by atoms with Crippen LogP contribution >= 0.6 is 0 Å². The summed E-state index contributed by atoms with van der Waals surface area (Å²) in [5.74, 6) is 0. The van der Waals surface area contributed by atoms with Crippen molar-refractivity contribution in [3.05, 3.63) is 12.5 Å². The van der Waals surface area contributed by atoms with Crippen molar-refractivity contribution in [1.82, 2.24) is 19.6 Å². The Bertz CT molecular complexity index is 389. The average molecular weight is 167 g/mol. The third kappa shape index (κ3) is 0.810. The predicted molar refractivity (Wildman–Crippen MR) is 42.5 cm³/mol. The number of nitrogens with zero attached hydrogens (tertiary/aromatic N) is 4. The lowest BCUT2D eigenvalue weighted by Gasteiger charge is -2.01. The first-order valence-electron chi connectivity index (χ1n) is 3.63. The summed E-state index contributed by atoms with van der Waals surface area (Å²) in [5.41, 5.74) is 6.85. The molecule has 0 saturated carbocycles. The second-order valence-electron chi connectivity index (χ2n) is 2.29. The van der Waals surface area contributed by atoms with Gasteiger partial charge in [0.05, 0.1) is 6.20 Å². The van der Waals surface area contributed by atoms with E-state index in [-0.39, 0.29) is 0 Å². The van der Waals surface area contributed by atoms with Crippen molar-refractivity contribution in [2.24, 2.45) is 0 Å². The quantitative estimate of drug-likeness (QED) is 0.658. The maximum Gasteiger partial charge on any atom is 0.216 e. The molecule has 2 N–H and O–H groups in total. The van der Waals surface area contributed by atoms with Crippen molar-refractivity contribution in [3.8, 4) is 0 Å². The first-order chi connectivity index (χ1) is 5.83. The highest BCUT2D eigenvalue weighted by atomic mass is 16.7. The molecule has 12 heavy (non-hydrogen) atoms. The van der Waals surface area contributed by atoms with Crippen LogP contribution in [-0.2, 0) is 0 Å². The van der Waals surface area contributed by atoms with Gasteiger partial charge >= 0.3 is 0 Å². The molecular formula is C6H9N5O. The van der Waals surface area contributed by atoms with E-state index >= 15 is 0 Å². The van der Waals surface area contributed by atoms with Crippen LogP contribution in [0.15, 0.2) is 12.5 Å². The minimum atomic E-state index is 0.556. The Morgan fingerprint density at radius 2 is 2.42 bits per heavy atom. The largest absolute Gasteiger partial charge is 0.411 e. The number of rotatable bonds is 2. The number of nitrogen functional groups attached to an aromatic ring is 1. The summed E-state index contributed by atoms with van der Waals surface area (Å²) in [6.45, 7) is 2.46. The molecule has 0 aliphatic rings. The summed E-state index contributed by atoms with van der Waals surface area (Å²) >= 11 is 0. The van der Waals surface area contributed by atoms with Gasteiger partial charge in [-0.2, -0.15) is 5.10 Å². The van der Waals surface area contributed by atoms with Gasteiger partial charge in [0.25, 0.3) is 0 Å². The Hall–Kier alpha value is -1.72. The van der Waals surface area contributed by atoms with Crippen molar-refractivity contribution in [2.45, 2.75) is 6.92 Å². The van der Waals surface area contributed by atoms with Gasteiger partial charge in [-0.05, 0) is 6.92 Å². The third-order valence-corrected chi connectivity index (χ3v) is 1.50. The first-order valence-corrected chi connectivity index (χ1v) is 3.63. The van der Waals surface area contributed by atoms with E-state index < -0.39 is 0 Å². The fourth-order valence-electron chi connectivity index (χ4n) is 1.03. The fourth-order valence-corrected chi connectivity index (χ4v) is 1.03. The highest BCUT2D eigenvalue weighted by molar-refractivity contribution is 5.62. The molecule has 2 rings (SSSR count). The number of hydrogen-bond donors (Lipinski definition) is 1. The summed E-state index contributed by atoms with van der Waals surface area (Å²) in [7, 11) is 0. The van der Waals surface area contributed by atoms with Crippen LogP contribution in [0, 0.1) is 0 Å². The smallest absolute Gasteiger partial charge is 0.216 e. The zero-order valence-electron chi connectivity index (χ0n) is 6.64. The molecule has 64 valence electrons. The van der Waals surface area contributed by atoms with Gasteiger partial charge in [-0.1, -0.05) is 0 Å². The minimum Gasteiger partial charge on any atom is -0.411 e. The zero-order chi connectivity index (χ0) is 8.55. The standard InChI is InChI=1S/C6H9N5O/c1-2-12-10-4-9-11-6(10)5(7)3-8-11/h3-4H,2,7H2,1H3. The third-order valence-electron chi connectivity index (χ3n) is 1.50. The lowest BCUT2D eigenvalue weighted by Crippen LogP contribution is -2.09. The van der Waals surface area contributed by atoms with Gasteiger partial charge in [0.15, 0.2) is 6.33 Å². The average Bonchev–Trinajstić information content (AvgIpc) is 2.58. The van der Waals surface area contributed by atoms with Crippen LogP contribution in [0.25, 0.3) is 5.65 Å². The van der Waals surface area contributed by atoms with E-state index in [1.165, 1.54) is 21.9 Å². The van der Waals surface area contributed by atoms with Gasteiger partial charge in [0.1, 0.15) is 12.3 Å². The Labute approximate surface area is 68.5 Å². The van der Waals surface area contributed by atoms with Crippen LogP contribution in [0.3, 0.4) is 0 Å². The molecule has 0 radical (unpaired) electrons. The van der Waals surface area contributed by atoms with Crippen LogP contribution in [0.4, 0.5) is 5.69 Å². The van der Waals surface area contributed by atoms with Gasteiger partial charge in [-0.15, -0.1) is 14.5 Å². The molecular weight excluding hydrogens is 158 g/mol. The molecule has 0 unspecified atom stereocenters. The van der Waals surface area contributed by atoms with Gasteiger partial charge in [-0.25, -0.2) is 0 Å². The second-order valence-corrected chi connectivity index (χ2v) is 2.29. The van der Waals surface area contributed by atoms with Crippen LogP contribution in [0.1, 0.15) is 6.92 Å². The van der Waals surface area contributed by atoms with E-state index in [1.54, 1.807) is 0 Å². The molecule has 6 heteroatoms. The summed E-state index contributed by atoms with van der Waals surface area (Å²) in [4.78, 5) is 5.21. The van der Waals surface area contributed by atoms with Crippen molar-refractivity contribution in [1.29, 1.82) is 0 Å². The van der Waals surface area contributed by atoms with Gasteiger partial charge in [0.2, 0.25) is 5.65 Å². The fraction of sp³-hybridized carbons (Fsp3) is 0.333. The maximum absolute atomic E-state index is 5.63. The molecule has 0 aliphatic heterocycles. The Morgan fingerprint density at radius 3 is 3.17 bits per heavy atom. The van der Waals surface area contributed by atoms with E-state index in [1.807, 2.05) is 6.92 Å². The minimum absolute atomic E-state index is 0.556. The van der Waals surface area contributed by atoms with Crippen molar-refractivity contribution in [2.75, 3.05) is 12.3 Å². The molecule has 0 saturated heterocycles. The summed E-state index contributed by atoms with van der Waals surface area (Å²) in [5, 5.41) is 7.82. The van der Waals surface area contributed by atoms with Gasteiger partial charge < -0.3 is 10.6 Å². The molecule has 0 bridgehead atoms. The van der Waals surface area contributed by atoms with Crippen molar-refractivity contribution >= 4 is 11.3 Å². The lowest BCUT2D eigenvalue weighted by atomic mass is 10.6. The molecule has 0 spiro atoms. The number of fused-ring (bicyclic) bond motifs is 1. The first kappa shape index (κ1) is 6.96. The van der Waals surface area contributed by atoms with Gasteiger partial charge in [0, 0.05) is 0 Å².